The Morgan fingerprint density at radius 1 is 1.31 bits per heavy atom. The van der Waals surface area contributed by atoms with Crippen molar-refractivity contribution < 1.29 is 23.8 Å². The lowest BCUT2D eigenvalue weighted by Crippen LogP contribution is -2.45. The Kier molecular flexibility index (Phi) is 6.97. The van der Waals surface area contributed by atoms with E-state index in [9.17, 15) is 9.59 Å². The van der Waals surface area contributed by atoms with Crippen LogP contribution in [-0.4, -0.2) is 49.0 Å². The monoisotopic (exact) mass is 364 g/mol. The molecule has 2 rings (SSSR count). The molecular formula is C19H28N2O5. The fourth-order valence-corrected chi connectivity index (χ4v) is 2.81. The molecule has 0 bridgehead atoms. The summed E-state index contributed by atoms with van der Waals surface area (Å²) < 4.78 is 15.4. The standard InChI is InChI=1S/C19H28N2O5/c1-19(2,3)26-18(23)21-16(17(22)24-4)11-13-5-6-15(20-12-13)14-7-9-25-10-8-14/h5-6,12,14,16H,7-11H2,1-4H3,(H,21,23). The molecule has 7 nitrogen and oxygen atoms in total. The highest BCUT2D eigenvalue weighted by Crippen LogP contribution is 2.25. The molecule has 0 aliphatic carbocycles. The Hall–Kier alpha value is -2.15. The van der Waals surface area contributed by atoms with E-state index in [1.165, 1.54) is 7.11 Å². The van der Waals surface area contributed by atoms with Crippen LogP contribution < -0.4 is 5.32 Å². The SMILES string of the molecule is COC(=O)C(Cc1ccc(C2CCOCC2)nc1)NC(=O)OC(C)(C)C. The third-order valence-electron chi connectivity index (χ3n) is 4.10. The van der Waals surface area contributed by atoms with Gasteiger partial charge in [-0.25, -0.2) is 9.59 Å². The number of hydrogen-bond acceptors (Lipinski definition) is 6. The maximum absolute atomic E-state index is 12.0. The summed E-state index contributed by atoms with van der Waals surface area (Å²) in [5, 5.41) is 2.57. The van der Waals surface area contributed by atoms with Gasteiger partial charge in [0.05, 0.1) is 7.11 Å². The van der Waals surface area contributed by atoms with Crippen molar-refractivity contribution in [3.05, 3.63) is 29.6 Å². The minimum absolute atomic E-state index is 0.285. The lowest BCUT2D eigenvalue weighted by atomic mass is 9.95. The minimum atomic E-state index is -0.828. The maximum Gasteiger partial charge on any atom is 0.408 e. The molecule has 1 N–H and O–H groups in total. The van der Waals surface area contributed by atoms with Gasteiger partial charge in [-0.1, -0.05) is 6.07 Å². The fourth-order valence-electron chi connectivity index (χ4n) is 2.81. The average molecular weight is 364 g/mol. The number of ether oxygens (including phenoxy) is 3. The molecule has 0 aromatic carbocycles. The van der Waals surface area contributed by atoms with Gasteiger partial charge in [0.2, 0.25) is 0 Å². The van der Waals surface area contributed by atoms with Gasteiger partial charge in [0, 0.05) is 37.4 Å². The number of esters is 1. The van der Waals surface area contributed by atoms with Crippen LogP contribution in [0.4, 0.5) is 4.79 Å². The molecule has 1 amide bonds. The van der Waals surface area contributed by atoms with Crippen LogP contribution in [-0.2, 0) is 25.4 Å². The molecule has 1 aromatic rings. The Bertz CT molecular complexity index is 603. The van der Waals surface area contributed by atoms with Crippen molar-refractivity contribution in [2.45, 2.75) is 57.6 Å². The van der Waals surface area contributed by atoms with Crippen LogP contribution in [0, 0.1) is 0 Å². The Morgan fingerprint density at radius 2 is 2.00 bits per heavy atom. The van der Waals surface area contributed by atoms with E-state index in [0.717, 1.165) is 37.3 Å². The van der Waals surface area contributed by atoms with Crippen molar-refractivity contribution in [2.75, 3.05) is 20.3 Å². The molecule has 0 radical (unpaired) electrons. The number of carbonyl (C=O) groups is 2. The minimum Gasteiger partial charge on any atom is -0.467 e. The molecule has 0 saturated carbocycles. The quantitative estimate of drug-likeness (QED) is 0.808. The van der Waals surface area contributed by atoms with E-state index in [1.807, 2.05) is 12.1 Å². The highest BCUT2D eigenvalue weighted by atomic mass is 16.6. The third kappa shape index (κ3) is 6.29. The molecule has 1 unspecified atom stereocenters. The highest BCUT2D eigenvalue weighted by Gasteiger charge is 2.25. The number of pyridine rings is 1. The van der Waals surface area contributed by atoms with Gasteiger partial charge in [-0.2, -0.15) is 0 Å². The zero-order valence-corrected chi connectivity index (χ0v) is 15.9. The predicted molar refractivity (Wildman–Crippen MR) is 95.9 cm³/mol. The molecular weight excluding hydrogens is 336 g/mol. The van der Waals surface area contributed by atoms with E-state index in [1.54, 1.807) is 27.0 Å². The first-order valence-electron chi connectivity index (χ1n) is 8.88. The predicted octanol–water partition coefficient (Wildman–Crippen LogP) is 2.58. The van der Waals surface area contributed by atoms with Crippen LogP contribution in [0.25, 0.3) is 0 Å². The Labute approximate surface area is 154 Å². The van der Waals surface area contributed by atoms with E-state index >= 15 is 0 Å². The van der Waals surface area contributed by atoms with Crippen LogP contribution >= 0.6 is 0 Å². The Balaban J connectivity index is 2.00. The summed E-state index contributed by atoms with van der Waals surface area (Å²) in [5.41, 5.74) is 1.23. The number of hydrogen-bond donors (Lipinski definition) is 1. The molecule has 26 heavy (non-hydrogen) atoms. The number of aromatic nitrogens is 1. The summed E-state index contributed by atoms with van der Waals surface area (Å²) in [6, 6.07) is 3.09. The van der Waals surface area contributed by atoms with Crippen LogP contribution in [0.3, 0.4) is 0 Å². The molecule has 1 atom stereocenters. The number of rotatable bonds is 5. The van der Waals surface area contributed by atoms with Crippen molar-refractivity contribution in [3.63, 3.8) is 0 Å². The highest BCUT2D eigenvalue weighted by molar-refractivity contribution is 5.81. The van der Waals surface area contributed by atoms with Crippen LogP contribution in [0.5, 0.6) is 0 Å². The van der Waals surface area contributed by atoms with Crippen molar-refractivity contribution in [3.8, 4) is 0 Å². The first-order chi connectivity index (χ1) is 12.3. The molecule has 2 heterocycles. The van der Waals surface area contributed by atoms with Crippen molar-refractivity contribution in [2.24, 2.45) is 0 Å². The summed E-state index contributed by atoms with van der Waals surface area (Å²) >= 11 is 0. The van der Waals surface area contributed by atoms with E-state index in [2.05, 4.69) is 10.3 Å². The zero-order valence-electron chi connectivity index (χ0n) is 15.9. The normalized spacial score (nSPS) is 16.6. The second-order valence-electron chi connectivity index (χ2n) is 7.40. The summed E-state index contributed by atoms with van der Waals surface area (Å²) in [4.78, 5) is 28.5. The average Bonchev–Trinajstić information content (AvgIpc) is 2.60. The number of methoxy groups -OCH3 is 1. The summed E-state index contributed by atoms with van der Waals surface area (Å²) in [6.07, 6.45) is 3.32. The van der Waals surface area contributed by atoms with Crippen LogP contribution in [0.2, 0.25) is 0 Å². The number of nitrogens with zero attached hydrogens (tertiary/aromatic N) is 1. The molecule has 1 fully saturated rings. The van der Waals surface area contributed by atoms with Gasteiger partial charge in [-0.3, -0.25) is 4.98 Å². The van der Waals surface area contributed by atoms with Crippen molar-refractivity contribution in [1.29, 1.82) is 0 Å². The van der Waals surface area contributed by atoms with Gasteiger partial charge in [0.15, 0.2) is 0 Å². The Morgan fingerprint density at radius 3 is 2.54 bits per heavy atom. The van der Waals surface area contributed by atoms with Crippen LogP contribution in [0.1, 0.15) is 50.8 Å². The first kappa shape index (κ1) is 20.2. The van der Waals surface area contributed by atoms with Gasteiger partial charge in [-0.15, -0.1) is 0 Å². The third-order valence-corrected chi connectivity index (χ3v) is 4.10. The van der Waals surface area contributed by atoms with Gasteiger partial charge < -0.3 is 19.5 Å². The van der Waals surface area contributed by atoms with Crippen molar-refractivity contribution in [1.82, 2.24) is 10.3 Å². The number of nitrogens with one attached hydrogen (secondary N) is 1. The molecule has 7 heteroatoms. The topological polar surface area (TPSA) is 86.8 Å². The first-order valence-corrected chi connectivity index (χ1v) is 8.88. The van der Waals surface area contributed by atoms with Crippen LogP contribution in [0.15, 0.2) is 18.3 Å². The zero-order chi connectivity index (χ0) is 19.2. The lowest BCUT2D eigenvalue weighted by Gasteiger charge is -2.23. The molecule has 1 aromatic heterocycles. The number of amides is 1. The summed E-state index contributed by atoms with van der Waals surface area (Å²) in [7, 11) is 1.29. The lowest BCUT2D eigenvalue weighted by molar-refractivity contribution is -0.143. The molecule has 1 saturated heterocycles. The molecule has 0 spiro atoms. The smallest absolute Gasteiger partial charge is 0.408 e. The largest absolute Gasteiger partial charge is 0.467 e. The molecule has 1 aliphatic rings. The molecule has 1 aliphatic heterocycles. The second-order valence-corrected chi connectivity index (χ2v) is 7.40. The van der Waals surface area contributed by atoms with Gasteiger partial charge in [0.1, 0.15) is 11.6 Å². The summed E-state index contributed by atoms with van der Waals surface area (Å²) in [5.74, 6) is -0.113. The van der Waals surface area contributed by atoms with E-state index in [0.29, 0.717) is 5.92 Å². The van der Waals surface area contributed by atoms with E-state index in [4.69, 9.17) is 14.2 Å². The van der Waals surface area contributed by atoms with Gasteiger partial charge in [0.25, 0.3) is 0 Å². The number of alkyl carbamates (subject to hydrolysis) is 1. The second kappa shape index (κ2) is 8.98. The summed E-state index contributed by atoms with van der Waals surface area (Å²) in [6.45, 7) is 6.81. The molecule has 144 valence electrons. The van der Waals surface area contributed by atoms with Gasteiger partial charge in [-0.05, 0) is 45.2 Å². The van der Waals surface area contributed by atoms with Gasteiger partial charge >= 0.3 is 12.1 Å². The fraction of sp³-hybridized carbons (Fsp3) is 0.632. The van der Waals surface area contributed by atoms with Crippen molar-refractivity contribution >= 4 is 12.1 Å². The van der Waals surface area contributed by atoms with E-state index < -0.39 is 23.7 Å². The maximum atomic E-state index is 12.0. The van der Waals surface area contributed by atoms with E-state index in [-0.39, 0.29) is 6.42 Å². The number of carbonyl (C=O) groups excluding carboxylic acids is 2.